The quantitative estimate of drug-likeness (QED) is 0.836. The van der Waals surface area contributed by atoms with Gasteiger partial charge in [-0.15, -0.1) is 0 Å². The number of hydrogen-bond acceptors (Lipinski definition) is 3. The van der Waals surface area contributed by atoms with Crippen LogP contribution in [0.15, 0.2) is 24.3 Å². The van der Waals surface area contributed by atoms with E-state index >= 15 is 0 Å². The summed E-state index contributed by atoms with van der Waals surface area (Å²) in [4.78, 5) is 2.38. The molecule has 17 heavy (non-hydrogen) atoms. The average molecular weight is 232 g/mol. The Hall–Kier alpha value is -0.900. The zero-order valence-corrected chi connectivity index (χ0v) is 10.4. The molecule has 2 N–H and O–H groups in total. The third kappa shape index (κ3) is 2.23. The molecule has 3 heteroatoms. The lowest BCUT2D eigenvalue weighted by Gasteiger charge is -2.47. The van der Waals surface area contributed by atoms with Gasteiger partial charge in [-0.1, -0.05) is 24.3 Å². The Morgan fingerprint density at radius 1 is 1.41 bits per heavy atom. The van der Waals surface area contributed by atoms with E-state index in [2.05, 4.69) is 36.1 Å². The number of nitrogens with two attached hydrogens (primary N) is 1. The molecule has 1 aromatic carbocycles. The van der Waals surface area contributed by atoms with Gasteiger partial charge in [0.2, 0.25) is 0 Å². The lowest BCUT2D eigenvalue weighted by atomic mass is 9.91. The largest absolute Gasteiger partial charge is 0.372 e. The van der Waals surface area contributed by atoms with Crippen molar-refractivity contribution in [2.24, 2.45) is 5.73 Å². The van der Waals surface area contributed by atoms with Crippen molar-refractivity contribution in [3.05, 3.63) is 35.4 Å². The Labute approximate surface area is 103 Å². The molecule has 0 spiro atoms. The van der Waals surface area contributed by atoms with Crippen LogP contribution in [0, 0.1) is 0 Å². The molecule has 0 amide bonds. The summed E-state index contributed by atoms with van der Waals surface area (Å²) in [5, 5.41) is 0. The highest BCUT2D eigenvalue weighted by Crippen LogP contribution is 2.29. The molecule has 1 aromatic rings. The number of fused-ring (bicyclic) bond motifs is 1. The minimum atomic E-state index is 0.00812. The lowest BCUT2D eigenvalue weighted by molar-refractivity contribution is -0.0182. The van der Waals surface area contributed by atoms with Gasteiger partial charge in [-0.05, 0) is 24.5 Å². The standard InChI is InChI=1S/C14H20N2O/c1-14(15)9-16(10-14)8-13-12-5-3-2-4-11(12)6-7-17-13/h2-5,13H,6-10,15H2,1H3. The number of benzene rings is 1. The topological polar surface area (TPSA) is 38.5 Å². The van der Waals surface area contributed by atoms with E-state index in [1.54, 1.807) is 0 Å². The van der Waals surface area contributed by atoms with Crippen molar-refractivity contribution >= 4 is 0 Å². The van der Waals surface area contributed by atoms with Crippen molar-refractivity contribution in [3.63, 3.8) is 0 Å². The Morgan fingerprint density at radius 3 is 2.94 bits per heavy atom. The minimum absolute atomic E-state index is 0.00812. The van der Waals surface area contributed by atoms with E-state index in [-0.39, 0.29) is 11.6 Å². The molecule has 3 nitrogen and oxygen atoms in total. The van der Waals surface area contributed by atoms with Crippen LogP contribution in [-0.2, 0) is 11.2 Å². The first-order chi connectivity index (χ1) is 8.14. The summed E-state index contributed by atoms with van der Waals surface area (Å²) in [5.41, 5.74) is 8.85. The fourth-order valence-electron chi connectivity index (χ4n) is 2.97. The monoisotopic (exact) mass is 232 g/mol. The van der Waals surface area contributed by atoms with Crippen molar-refractivity contribution in [1.82, 2.24) is 4.90 Å². The molecule has 92 valence electrons. The van der Waals surface area contributed by atoms with Gasteiger partial charge in [-0.2, -0.15) is 0 Å². The normalized spacial score (nSPS) is 27.3. The summed E-state index contributed by atoms with van der Waals surface area (Å²) in [6, 6.07) is 8.63. The summed E-state index contributed by atoms with van der Waals surface area (Å²) in [7, 11) is 0. The SMILES string of the molecule is CC1(N)CN(CC2OCCc3ccccc32)C1. The predicted molar refractivity (Wildman–Crippen MR) is 67.9 cm³/mol. The zero-order chi connectivity index (χ0) is 11.9. The second kappa shape index (κ2) is 4.09. The van der Waals surface area contributed by atoms with Gasteiger partial charge in [0.15, 0.2) is 0 Å². The summed E-state index contributed by atoms with van der Waals surface area (Å²) in [6.07, 6.45) is 1.28. The first-order valence-corrected chi connectivity index (χ1v) is 6.35. The van der Waals surface area contributed by atoms with Gasteiger partial charge in [0.05, 0.1) is 12.7 Å². The van der Waals surface area contributed by atoms with Gasteiger partial charge in [-0.25, -0.2) is 0 Å². The maximum atomic E-state index is 6.03. The fourth-order valence-corrected chi connectivity index (χ4v) is 2.97. The van der Waals surface area contributed by atoms with Crippen LogP contribution in [0.5, 0.6) is 0 Å². The van der Waals surface area contributed by atoms with Gasteiger partial charge in [0.25, 0.3) is 0 Å². The highest BCUT2D eigenvalue weighted by Gasteiger charge is 2.36. The second-order valence-corrected chi connectivity index (χ2v) is 5.63. The van der Waals surface area contributed by atoms with E-state index in [0.29, 0.717) is 0 Å². The average Bonchev–Trinajstić information content (AvgIpc) is 2.27. The summed E-state index contributed by atoms with van der Waals surface area (Å²) < 4.78 is 5.90. The molecule has 2 aliphatic rings. The van der Waals surface area contributed by atoms with Crippen LogP contribution in [0.3, 0.4) is 0 Å². The van der Waals surface area contributed by atoms with Crippen molar-refractivity contribution in [2.45, 2.75) is 25.0 Å². The molecule has 0 bridgehead atoms. The summed E-state index contributed by atoms with van der Waals surface area (Å²) in [6.45, 7) is 5.89. The molecule has 0 aromatic heterocycles. The molecule has 2 aliphatic heterocycles. The number of rotatable bonds is 2. The van der Waals surface area contributed by atoms with E-state index < -0.39 is 0 Å². The highest BCUT2D eigenvalue weighted by molar-refractivity contribution is 5.31. The molecule has 1 atom stereocenters. The Morgan fingerprint density at radius 2 is 2.18 bits per heavy atom. The molecule has 1 saturated heterocycles. The van der Waals surface area contributed by atoms with Crippen LogP contribution in [0.1, 0.15) is 24.2 Å². The third-order valence-electron chi connectivity index (χ3n) is 3.69. The minimum Gasteiger partial charge on any atom is -0.372 e. The molecule has 1 unspecified atom stereocenters. The Bertz CT molecular complexity index is 408. The van der Waals surface area contributed by atoms with Crippen LogP contribution < -0.4 is 5.73 Å². The van der Waals surface area contributed by atoms with Crippen LogP contribution in [0.25, 0.3) is 0 Å². The molecular weight excluding hydrogens is 212 g/mol. The van der Waals surface area contributed by atoms with Crippen LogP contribution in [-0.4, -0.2) is 36.7 Å². The van der Waals surface area contributed by atoms with Gasteiger partial charge >= 0.3 is 0 Å². The van der Waals surface area contributed by atoms with Crippen molar-refractivity contribution < 1.29 is 4.74 Å². The molecule has 0 saturated carbocycles. The van der Waals surface area contributed by atoms with Crippen molar-refractivity contribution in [2.75, 3.05) is 26.2 Å². The first-order valence-electron chi connectivity index (χ1n) is 6.35. The van der Waals surface area contributed by atoms with E-state index in [1.165, 1.54) is 11.1 Å². The maximum Gasteiger partial charge on any atom is 0.0954 e. The predicted octanol–water partition coefficient (Wildman–Crippen LogP) is 1.33. The number of nitrogens with zero attached hydrogens (tertiary/aromatic N) is 1. The molecule has 1 fully saturated rings. The van der Waals surface area contributed by atoms with Crippen molar-refractivity contribution in [1.29, 1.82) is 0 Å². The van der Waals surface area contributed by atoms with Gasteiger partial charge < -0.3 is 10.5 Å². The van der Waals surface area contributed by atoms with E-state index in [9.17, 15) is 0 Å². The molecule has 0 radical (unpaired) electrons. The van der Waals surface area contributed by atoms with Crippen LogP contribution in [0.2, 0.25) is 0 Å². The Kier molecular flexibility index (Phi) is 2.69. The molecule has 0 aliphatic carbocycles. The van der Waals surface area contributed by atoms with Gasteiger partial charge in [0.1, 0.15) is 0 Å². The van der Waals surface area contributed by atoms with E-state index in [4.69, 9.17) is 10.5 Å². The lowest BCUT2D eigenvalue weighted by Crippen LogP contribution is -2.65. The third-order valence-corrected chi connectivity index (χ3v) is 3.69. The summed E-state index contributed by atoms with van der Waals surface area (Å²) in [5.74, 6) is 0. The van der Waals surface area contributed by atoms with Gasteiger partial charge in [0, 0.05) is 25.2 Å². The molecular formula is C14H20N2O. The van der Waals surface area contributed by atoms with E-state index in [0.717, 1.165) is 32.7 Å². The highest BCUT2D eigenvalue weighted by atomic mass is 16.5. The second-order valence-electron chi connectivity index (χ2n) is 5.63. The number of ether oxygens (including phenoxy) is 1. The Balaban J connectivity index is 1.69. The van der Waals surface area contributed by atoms with Crippen molar-refractivity contribution in [3.8, 4) is 0 Å². The first kappa shape index (κ1) is 11.2. The van der Waals surface area contributed by atoms with E-state index in [1.807, 2.05) is 0 Å². The summed E-state index contributed by atoms with van der Waals surface area (Å²) >= 11 is 0. The molecule has 3 rings (SSSR count). The van der Waals surface area contributed by atoms with Gasteiger partial charge in [-0.3, -0.25) is 4.90 Å². The number of likely N-dealkylation sites (tertiary alicyclic amines) is 1. The smallest absolute Gasteiger partial charge is 0.0954 e. The maximum absolute atomic E-state index is 6.03. The van der Waals surface area contributed by atoms with Crippen LogP contribution >= 0.6 is 0 Å². The number of hydrogen-bond donors (Lipinski definition) is 1. The molecule has 2 heterocycles. The zero-order valence-electron chi connectivity index (χ0n) is 10.4. The fraction of sp³-hybridized carbons (Fsp3) is 0.571. The van der Waals surface area contributed by atoms with Crippen LogP contribution in [0.4, 0.5) is 0 Å².